The molecule has 1 aliphatic carbocycles. The first-order chi connectivity index (χ1) is 14.4. The third kappa shape index (κ3) is 4.27. The molecule has 0 spiro atoms. The molecule has 0 aliphatic heterocycles. The first-order valence-corrected chi connectivity index (χ1v) is 9.97. The molecule has 1 heterocycles. The zero-order valence-corrected chi connectivity index (χ0v) is 17.1. The van der Waals surface area contributed by atoms with E-state index in [1.807, 2.05) is 30.3 Å². The van der Waals surface area contributed by atoms with Gasteiger partial charge >= 0.3 is 0 Å². The lowest BCUT2D eigenvalue weighted by Gasteiger charge is -2.33. The van der Waals surface area contributed by atoms with Crippen LogP contribution in [0.2, 0.25) is 0 Å². The lowest BCUT2D eigenvalue weighted by atomic mass is 9.78. The Labute approximate surface area is 176 Å². The summed E-state index contributed by atoms with van der Waals surface area (Å²) in [6.07, 6.45) is 5.08. The Bertz CT molecular complexity index is 1030. The van der Waals surface area contributed by atoms with E-state index in [0.29, 0.717) is 11.5 Å². The van der Waals surface area contributed by atoms with Gasteiger partial charge in [-0.2, -0.15) is 5.26 Å². The highest BCUT2D eigenvalue weighted by atomic mass is 16.5. The minimum absolute atomic E-state index is 0.118. The van der Waals surface area contributed by atoms with Gasteiger partial charge in [-0.1, -0.05) is 38.1 Å². The summed E-state index contributed by atoms with van der Waals surface area (Å²) in [6.45, 7) is 4.39. The number of benzene rings is 2. The minimum atomic E-state index is -0.173. The van der Waals surface area contributed by atoms with E-state index in [2.05, 4.69) is 48.1 Å². The second-order valence-electron chi connectivity index (χ2n) is 8.10. The van der Waals surface area contributed by atoms with Crippen LogP contribution in [0, 0.1) is 11.3 Å². The molecule has 0 atom stereocenters. The highest BCUT2D eigenvalue weighted by Crippen LogP contribution is 2.34. The Hall–Kier alpha value is -3.43. The summed E-state index contributed by atoms with van der Waals surface area (Å²) in [5, 5.41) is 8.77. The molecule has 6 nitrogen and oxygen atoms in total. The third-order valence-electron chi connectivity index (χ3n) is 5.55. The van der Waals surface area contributed by atoms with Crippen LogP contribution >= 0.6 is 0 Å². The second kappa shape index (κ2) is 8.13. The first-order valence-electron chi connectivity index (χ1n) is 9.97. The molecule has 0 radical (unpaired) electrons. The minimum Gasteiger partial charge on any atom is -0.490 e. The van der Waals surface area contributed by atoms with Crippen LogP contribution in [0.4, 0.5) is 0 Å². The van der Waals surface area contributed by atoms with Crippen LogP contribution in [0.1, 0.15) is 43.6 Å². The zero-order chi connectivity index (χ0) is 21.1. The quantitative estimate of drug-likeness (QED) is 0.662. The van der Waals surface area contributed by atoms with Gasteiger partial charge in [-0.25, -0.2) is 9.97 Å². The van der Waals surface area contributed by atoms with Gasteiger partial charge in [0, 0.05) is 11.5 Å². The smallest absolute Gasteiger partial charge is 0.232 e. The summed E-state index contributed by atoms with van der Waals surface area (Å²) >= 11 is 0. The fourth-order valence-electron chi connectivity index (χ4n) is 3.51. The maximum absolute atomic E-state index is 8.77. The number of hydrogen-bond donors (Lipinski definition) is 1. The van der Waals surface area contributed by atoms with Crippen molar-refractivity contribution >= 4 is 0 Å². The lowest BCUT2D eigenvalue weighted by Crippen LogP contribution is -2.43. The average molecular weight is 400 g/mol. The summed E-state index contributed by atoms with van der Waals surface area (Å²) in [5.41, 5.74) is 8.03. The monoisotopic (exact) mass is 400 g/mol. The number of nitrogens with zero attached hydrogens (tertiary/aromatic N) is 3. The third-order valence-corrected chi connectivity index (χ3v) is 5.55. The van der Waals surface area contributed by atoms with Gasteiger partial charge in [0.25, 0.3) is 0 Å². The Kier molecular flexibility index (Phi) is 5.39. The maximum atomic E-state index is 8.77. The molecule has 0 unspecified atom stereocenters. The van der Waals surface area contributed by atoms with Gasteiger partial charge in [-0.05, 0) is 48.2 Å². The standard InChI is InChI=1S/C24H24N4O2/c1-24(2,16-3-7-19(8-4-16)29-21-11-18(26)12-21)17-5-9-20(10-6-17)30-22-14-27-23(13-25)28-15-22/h3-10,14-15,18,21H,11-12,26H2,1-2H3. The van der Waals surface area contributed by atoms with Gasteiger partial charge in [0.2, 0.25) is 5.82 Å². The van der Waals surface area contributed by atoms with Crippen molar-refractivity contribution in [2.75, 3.05) is 0 Å². The van der Waals surface area contributed by atoms with E-state index in [1.54, 1.807) is 0 Å². The molecule has 2 N–H and O–H groups in total. The van der Waals surface area contributed by atoms with Crippen LogP contribution in [0.5, 0.6) is 17.2 Å². The molecular formula is C24H24N4O2. The van der Waals surface area contributed by atoms with Crippen LogP contribution in [-0.2, 0) is 5.41 Å². The summed E-state index contributed by atoms with van der Waals surface area (Å²) in [5.74, 6) is 2.18. The highest BCUT2D eigenvalue weighted by Gasteiger charge is 2.28. The Morgan fingerprint density at radius 3 is 1.93 bits per heavy atom. The van der Waals surface area contributed by atoms with Gasteiger partial charge in [0.05, 0.1) is 12.4 Å². The number of aromatic nitrogens is 2. The lowest BCUT2D eigenvalue weighted by molar-refractivity contribution is 0.101. The van der Waals surface area contributed by atoms with Crippen molar-refractivity contribution in [3.63, 3.8) is 0 Å². The average Bonchev–Trinajstić information content (AvgIpc) is 2.74. The molecule has 1 fully saturated rings. The number of nitrogens with two attached hydrogens (primary N) is 1. The fraction of sp³-hybridized carbons (Fsp3) is 0.292. The Balaban J connectivity index is 1.43. The molecule has 0 saturated heterocycles. The van der Waals surface area contributed by atoms with E-state index < -0.39 is 0 Å². The van der Waals surface area contributed by atoms with Crippen LogP contribution in [0.25, 0.3) is 0 Å². The Morgan fingerprint density at radius 2 is 1.43 bits per heavy atom. The summed E-state index contributed by atoms with van der Waals surface area (Å²) < 4.78 is 11.7. The molecule has 0 amide bonds. The molecule has 152 valence electrons. The molecule has 2 aromatic carbocycles. The predicted molar refractivity (Wildman–Crippen MR) is 113 cm³/mol. The van der Waals surface area contributed by atoms with Gasteiger partial charge < -0.3 is 15.2 Å². The van der Waals surface area contributed by atoms with Crippen molar-refractivity contribution in [1.82, 2.24) is 9.97 Å². The van der Waals surface area contributed by atoms with E-state index in [-0.39, 0.29) is 23.4 Å². The van der Waals surface area contributed by atoms with Gasteiger partial charge in [0.1, 0.15) is 23.7 Å². The van der Waals surface area contributed by atoms with Crippen molar-refractivity contribution in [2.24, 2.45) is 5.73 Å². The highest BCUT2D eigenvalue weighted by molar-refractivity contribution is 5.42. The van der Waals surface area contributed by atoms with E-state index in [9.17, 15) is 0 Å². The summed E-state index contributed by atoms with van der Waals surface area (Å²) in [7, 11) is 0. The number of nitriles is 1. The molecule has 1 saturated carbocycles. The van der Waals surface area contributed by atoms with Crippen molar-refractivity contribution in [2.45, 2.75) is 44.2 Å². The predicted octanol–water partition coefficient (Wildman–Crippen LogP) is 4.33. The van der Waals surface area contributed by atoms with Gasteiger partial charge in [-0.15, -0.1) is 0 Å². The van der Waals surface area contributed by atoms with Gasteiger partial charge in [-0.3, -0.25) is 0 Å². The molecule has 1 aliphatic rings. The van der Waals surface area contributed by atoms with Crippen molar-refractivity contribution in [3.05, 3.63) is 77.9 Å². The molecule has 4 rings (SSSR count). The molecular weight excluding hydrogens is 376 g/mol. The van der Waals surface area contributed by atoms with Crippen molar-refractivity contribution in [1.29, 1.82) is 5.26 Å². The maximum Gasteiger partial charge on any atom is 0.232 e. The largest absolute Gasteiger partial charge is 0.490 e. The van der Waals surface area contributed by atoms with Crippen molar-refractivity contribution in [3.8, 4) is 23.3 Å². The topological polar surface area (TPSA) is 94.0 Å². The summed E-state index contributed by atoms with van der Waals surface area (Å²) in [4.78, 5) is 7.83. The number of rotatable bonds is 6. The van der Waals surface area contributed by atoms with Crippen LogP contribution in [-0.4, -0.2) is 22.1 Å². The van der Waals surface area contributed by atoms with E-state index in [4.69, 9.17) is 20.5 Å². The summed E-state index contributed by atoms with van der Waals surface area (Å²) in [6, 6.07) is 18.4. The van der Waals surface area contributed by atoms with Gasteiger partial charge in [0.15, 0.2) is 5.75 Å². The van der Waals surface area contributed by atoms with Crippen LogP contribution < -0.4 is 15.2 Å². The van der Waals surface area contributed by atoms with E-state index in [0.717, 1.165) is 18.6 Å². The second-order valence-corrected chi connectivity index (χ2v) is 8.10. The molecule has 6 heteroatoms. The fourth-order valence-corrected chi connectivity index (χ4v) is 3.51. The molecule has 30 heavy (non-hydrogen) atoms. The number of ether oxygens (including phenoxy) is 2. The van der Waals surface area contributed by atoms with Crippen molar-refractivity contribution < 1.29 is 9.47 Å². The molecule has 0 bridgehead atoms. The van der Waals surface area contributed by atoms with E-state index >= 15 is 0 Å². The number of hydrogen-bond acceptors (Lipinski definition) is 6. The normalized spacial score (nSPS) is 18.2. The van der Waals surface area contributed by atoms with Crippen LogP contribution in [0.3, 0.4) is 0 Å². The van der Waals surface area contributed by atoms with Crippen LogP contribution in [0.15, 0.2) is 60.9 Å². The molecule has 3 aromatic rings. The SMILES string of the molecule is CC(C)(c1ccc(Oc2cnc(C#N)nc2)cc1)c1ccc(OC2CC(N)C2)cc1. The van der Waals surface area contributed by atoms with E-state index in [1.165, 1.54) is 23.5 Å². The first kappa shape index (κ1) is 19.9. The Morgan fingerprint density at radius 1 is 0.900 bits per heavy atom. The zero-order valence-electron chi connectivity index (χ0n) is 17.1. The molecule has 1 aromatic heterocycles.